The highest BCUT2D eigenvalue weighted by Gasteiger charge is 2.29. The van der Waals surface area contributed by atoms with Crippen molar-refractivity contribution in [3.63, 3.8) is 0 Å². The zero-order valence-electron chi connectivity index (χ0n) is 15.3. The number of amides is 2. The van der Waals surface area contributed by atoms with E-state index in [4.69, 9.17) is 5.73 Å². The van der Waals surface area contributed by atoms with Gasteiger partial charge in [-0.2, -0.15) is 13.1 Å². The van der Waals surface area contributed by atoms with Crippen LogP contribution in [0, 0.1) is 0 Å². The van der Waals surface area contributed by atoms with Gasteiger partial charge < -0.3 is 11.1 Å². The predicted octanol–water partition coefficient (Wildman–Crippen LogP) is 1.61. The molecular weight excluding hydrogens is 424 g/mol. The van der Waals surface area contributed by atoms with Crippen LogP contribution in [0.5, 0.6) is 0 Å². The van der Waals surface area contributed by atoms with E-state index in [1.165, 1.54) is 11.5 Å². The smallest absolute Gasteiger partial charge is 0.287 e. The van der Waals surface area contributed by atoms with Gasteiger partial charge in [0.05, 0.1) is 27.8 Å². The Hall–Kier alpha value is -3.57. The van der Waals surface area contributed by atoms with E-state index in [0.29, 0.717) is 17.1 Å². The molecule has 150 valence electrons. The van der Waals surface area contributed by atoms with Crippen LogP contribution in [-0.4, -0.2) is 41.7 Å². The minimum absolute atomic E-state index is 0.0177. The standard InChI is InChI=1S/C19H14N6O3S2/c20-18(27)17(26)13(9-12-10-5-1-2-7-14(10)29-23-12)22-19(28)16-15(24-30-25-16)11-6-3-4-8-21-11/h1-8,13H,9H2,(H2,20,27)(H,22,28). The Morgan fingerprint density at radius 1 is 1.03 bits per heavy atom. The Labute approximate surface area is 178 Å². The Kier molecular flexibility index (Phi) is 5.55. The Balaban J connectivity index is 1.62. The third kappa shape index (κ3) is 3.93. The number of nitrogens with two attached hydrogens (primary N) is 1. The molecule has 0 saturated heterocycles. The molecule has 2 amide bonds. The quantitative estimate of drug-likeness (QED) is 0.418. The number of ketones is 1. The van der Waals surface area contributed by atoms with Crippen LogP contribution in [0.2, 0.25) is 0 Å². The second-order valence-electron chi connectivity index (χ2n) is 6.26. The summed E-state index contributed by atoms with van der Waals surface area (Å²) < 4.78 is 13.5. The molecule has 11 heteroatoms. The highest BCUT2D eigenvalue weighted by Crippen LogP contribution is 2.24. The van der Waals surface area contributed by atoms with Gasteiger partial charge in [0.2, 0.25) is 5.78 Å². The fourth-order valence-corrected chi connectivity index (χ4v) is 4.25. The van der Waals surface area contributed by atoms with Gasteiger partial charge in [-0.1, -0.05) is 24.3 Å². The van der Waals surface area contributed by atoms with E-state index in [1.54, 1.807) is 24.4 Å². The van der Waals surface area contributed by atoms with Crippen molar-refractivity contribution in [2.45, 2.75) is 12.5 Å². The number of rotatable bonds is 7. The minimum Gasteiger partial charge on any atom is -0.363 e. The normalized spacial score (nSPS) is 11.9. The van der Waals surface area contributed by atoms with Crippen LogP contribution in [0.3, 0.4) is 0 Å². The molecule has 3 heterocycles. The van der Waals surface area contributed by atoms with Crippen molar-refractivity contribution >= 4 is 50.9 Å². The summed E-state index contributed by atoms with van der Waals surface area (Å²) in [5.74, 6) is -2.70. The number of aromatic nitrogens is 4. The van der Waals surface area contributed by atoms with E-state index < -0.39 is 23.6 Å². The fourth-order valence-electron chi connectivity index (χ4n) is 2.89. The van der Waals surface area contributed by atoms with E-state index in [-0.39, 0.29) is 12.1 Å². The van der Waals surface area contributed by atoms with Crippen LogP contribution in [0.15, 0.2) is 48.7 Å². The molecule has 1 unspecified atom stereocenters. The summed E-state index contributed by atoms with van der Waals surface area (Å²) in [6, 6.07) is 11.5. The predicted molar refractivity (Wildman–Crippen MR) is 112 cm³/mol. The summed E-state index contributed by atoms with van der Waals surface area (Å²) in [5.41, 5.74) is 6.58. The number of nitrogens with one attached hydrogen (secondary N) is 1. The first kappa shape index (κ1) is 19.7. The average Bonchev–Trinajstić information content (AvgIpc) is 3.41. The Morgan fingerprint density at radius 2 is 1.83 bits per heavy atom. The van der Waals surface area contributed by atoms with Gasteiger partial charge in [0, 0.05) is 18.0 Å². The molecule has 0 aliphatic heterocycles. The molecule has 0 fully saturated rings. The lowest BCUT2D eigenvalue weighted by molar-refractivity contribution is -0.137. The molecule has 30 heavy (non-hydrogen) atoms. The number of hydrogen-bond acceptors (Lipinski definition) is 9. The lowest BCUT2D eigenvalue weighted by atomic mass is 10.0. The maximum Gasteiger partial charge on any atom is 0.287 e. The second kappa shape index (κ2) is 8.43. The van der Waals surface area contributed by atoms with Crippen LogP contribution in [0.1, 0.15) is 16.2 Å². The first-order chi connectivity index (χ1) is 14.5. The highest BCUT2D eigenvalue weighted by atomic mass is 32.1. The lowest BCUT2D eigenvalue weighted by Gasteiger charge is -2.15. The largest absolute Gasteiger partial charge is 0.363 e. The number of primary amides is 1. The number of benzene rings is 1. The van der Waals surface area contributed by atoms with Gasteiger partial charge in [-0.3, -0.25) is 19.4 Å². The maximum absolute atomic E-state index is 12.9. The van der Waals surface area contributed by atoms with E-state index in [9.17, 15) is 14.4 Å². The Bertz CT molecular complexity index is 1240. The number of pyridine rings is 1. The summed E-state index contributed by atoms with van der Waals surface area (Å²) in [4.78, 5) is 41.0. The van der Waals surface area contributed by atoms with Gasteiger partial charge in [-0.15, -0.1) is 0 Å². The highest BCUT2D eigenvalue weighted by molar-refractivity contribution is 7.13. The molecule has 4 aromatic rings. The van der Waals surface area contributed by atoms with Crippen molar-refractivity contribution < 1.29 is 14.4 Å². The summed E-state index contributed by atoms with van der Waals surface area (Å²) in [7, 11) is 0. The van der Waals surface area contributed by atoms with Gasteiger partial charge in [-0.25, -0.2) is 0 Å². The van der Waals surface area contributed by atoms with E-state index >= 15 is 0 Å². The van der Waals surface area contributed by atoms with Gasteiger partial charge in [-0.05, 0) is 29.7 Å². The third-order valence-electron chi connectivity index (χ3n) is 4.33. The number of carbonyl (C=O) groups is 3. The molecule has 0 radical (unpaired) electrons. The summed E-state index contributed by atoms with van der Waals surface area (Å²) >= 11 is 2.12. The van der Waals surface area contributed by atoms with Crippen LogP contribution in [-0.2, 0) is 16.0 Å². The summed E-state index contributed by atoms with van der Waals surface area (Å²) in [5, 5.41) is 3.42. The molecule has 9 nitrogen and oxygen atoms in total. The first-order valence-electron chi connectivity index (χ1n) is 8.76. The fraction of sp³-hybridized carbons (Fsp3) is 0.105. The molecule has 0 aliphatic rings. The van der Waals surface area contributed by atoms with Gasteiger partial charge >= 0.3 is 0 Å². The van der Waals surface area contributed by atoms with Gasteiger partial charge in [0.1, 0.15) is 11.7 Å². The summed E-state index contributed by atoms with van der Waals surface area (Å²) in [6.07, 6.45) is 1.59. The molecule has 3 aromatic heterocycles. The molecule has 0 saturated carbocycles. The zero-order chi connectivity index (χ0) is 21.1. The zero-order valence-corrected chi connectivity index (χ0v) is 16.9. The van der Waals surface area contributed by atoms with Crippen LogP contribution in [0.4, 0.5) is 0 Å². The van der Waals surface area contributed by atoms with Gasteiger partial charge in [0.25, 0.3) is 11.8 Å². The van der Waals surface area contributed by atoms with Crippen LogP contribution in [0.25, 0.3) is 21.5 Å². The molecular formula is C19H14N6O3S2. The molecule has 4 rings (SSSR count). The van der Waals surface area contributed by atoms with E-state index in [2.05, 4.69) is 23.4 Å². The monoisotopic (exact) mass is 438 g/mol. The molecule has 0 spiro atoms. The third-order valence-corrected chi connectivity index (χ3v) is 5.72. The molecule has 0 aliphatic carbocycles. The maximum atomic E-state index is 12.9. The van der Waals surface area contributed by atoms with Gasteiger partial charge in [0.15, 0.2) is 5.69 Å². The first-order valence-corrected chi connectivity index (χ1v) is 10.3. The van der Waals surface area contributed by atoms with Crippen molar-refractivity contribution in [2.75, 3.05) is 0 Å². The molecule has 0 bridgehead atoms. The molecule has 1 atom stereocenters. The average molecular weight is 438 g/mol. The minimum atomic E-state index is -1.18. The number of Topliss-reactive ketones (excluding diaryl/α,β-unsaturated/α-hetero) is 1. The van der Waals surface area contributed by atoms with E-state index in [0.717, 1.165) is 21.8 Å². The van der Waals surface area contributed by atoms with Crippen molar-refractivity contribution in [2.24, 2.45) is 5.73 Å². The van der Waals surface area contributed by atoms with Crippen molar-refractivity contribution in [3.05, 3.63) is 60.0 Å². The van der Waals surface area contributed by atoms with E-state index in [1.807, 2.05) is 24.3 Å². The lowest BCUT2D eigenvalue weighted by Crippen LogP contribution is -2.47. The van der Waals surface area contributed by atoms with Crippen molar-refractivity contribution in [1.82, 2.24) is 23.4 Å². The SMILES string of the molecule is NC(=O)C(=O)C(Cc1nsc2ccccc12)NC(=O)c1nsnc1-c1ccccn1. The number of fused-ring (bicyclic) bond motifs is 1. The van der Waals surface area contributed by atoms with Crippen molar-refractivity contribution in [1.29, 1.82) is 0 Å². The molecule has 1 aromatic carbocycles. The van der Waals surface area contributed by atoms with Crippen LogP contribution >= 0.6 is 23.3 Å². The molecule has 3 N–H and O–H groups in total. The summed E-state index contributed by atoms with van der Waals surface area (Å²) in [6.45, 7) is 0. The number of nitrogens with zero attached hydrogens (tertiary/aromatic N) is 4. The number of hydrogen-bond donors (Lipinski definition) is 2. The second-order valence-corrected chi connectivity index (χ2v) is 7.59. The Morgan fingerprint density at radius 3 is 2.60 bits per heavy atom. The van der Waals surface area contributed by atoms with Crippen LogP contribution < -0.4 is 11.1 Å². The van der Waals surface area contributed by atoms with Crippen molar-refractivity contribution in [3.8, 4) is 11.4 Å². The topological polar surface area (TPSA) is 141 Å². The number of carbonyl (C=O) groups excluding carboxylic acids is 3.